The quantitative estimate of drug-likeness (QED) is 0.117. The smallest absolute Gasteiger partial charge is 0.204 e. The number of rotatable bonds is 9. The number of thiazole rings is 1. The van der Waals surface area contributed by atoms with E-state index < -0.39 is 0 Å². The van der Waals surface area contributed by atoms with Crippen LogP contribution in [0.5, 0.6) is 11.5 Å². The lowest BCUT2D eigenvalue weighted by atomic mass is 9.93. The molecule has 0 bridgehead atoms. The van der Waals surface area contributed by atoms with E-state index in [4.69, 9.17) is 4.74 Å². The molecule has 1 unspecified atom stereocenters. The van der Waals surface area contributed by atoms with Crippen LogP contribution in [-0.2, 0) is 0 Å². The number of nitrogens with one attached hydrogen (secondary N) is 1. The number of aromatic hydroxyl groups is 1. The van der Waals surface area contributed by atoms with E-state index in [9.17, 15) is 9.90 Å². The number of hydrogen-bond donors (Lipinski definition) is 2. The van der Waals surface area contributed by atoms with E-state index in [-0.39, 0.29) is 17.5 Å². The number of benzene rings is 3. The van der Waals surface area contributed by atoms with Crippen LogP contribution in [-0.4, -0.2) is 29.2 Å². The fraction of sp³-hybridized carbons (Fsp3) is 0.179. The molecule has 1 atom stereocenters. The van der Waals surface area contributed by atoms with E-state index in [1.807, 2.05) is 36.4 Å². The Morgan fingerprint density at radius 1 is 1.20 bits per heavy atom. The number of nitrogens with zero attached hydrogens (tertiary/aromatic N) is 2. The highest BCUT2D eigenvalue weighted by molar-refractivity contribution is 7.22. The molecular weight excluding hydrogens is 458 g/mol. The summed E-state index contributed by atoms with van der Waals surface area (Å²) in [7, 11) is 1.58. The van der Waals surface area contributed by atoms with Gasteiger partial charge in [0.25, 0.3) is 0 Å². The van der Waals surface area contributed by atoms with Gasteiger partial charge in [-0.3, -0.25) is 10.2 Å². The highest BCUT2D eigenvalue weighted by Gasteiger charge is 2.14. The van der Waals surface area contributed by atoms with Gasteiger partial charge in [0.15, 0.2) is 5.78 Å². The Morgan fingerprint density at radius 3 is 2.69 bits per heavy atom. The van der Waals surface area contributed by atoms with E-state index in [1.54, 1.807) is 43.7 Å². The Morgan fingerprint density at radius 2 is 1.97 bits per heavy atom. The Bertz CT molecular complexity index is 1360. The molecule has 1 heterocycles. The molecule has 7 heteroatoms. The standard InChI is InChI=1S/C28H27N3O3S/c1-4-18(2)23-16-19(17-29-31-28-30-24-7-5-6-8-26(24)35-28)15-21(27(23)33)11-14-25(32)20-9-12-22(34-3)13-10-20/h5-18,33H,4H2,1-3H3,(H,30,31)/b14-11+,29-17+. The summed E-state index contributed by atoms with van der Waals surface area (Å²) >= 11 is 1.53. The lowest BCUT2D eigenvalue weighted by Gasteiger charge is -2.14. The topological polar surface area (TPSA) is 83.8 Å². The first kappa shape index (κ1) is 24.2. The van der Waals surface area contributed by atoms with Gasteiger partial charge in [-0.1, -0.05) is 37.3 Å². The molecule has 0 aliphatic rings. The molecule has 178 valence electrons. The third kappa shape index (κ3) is 5.75. The highest BCUT2D eigenvalue weighted by Crippen LogP contribution is 2.33. The maximum Gasteiger partial charge on any atom is 0.204 e. The minimum atomic E-state index is -0.159. The number of allylic oxidation sites excluding steroid dienone is 1. The molecule has 0 aliphatic carbocycles. The minimum Gasteiger partial charge on any atom is -0.507 e. The van der Waals surface area contributed by atoms with Crippen LogP contribution in [0.1, 0.15) is 53.2 Å². The van der Waals surface area contributed by atoms with Gasteiger partial charge in [-0.05, 0) is 84.1 Å². The van der Waals surface area contributed by atoms with Crippen LogP contribution in [0, 0.1) is 0 Å². The molecule has 0 radical (unpaired) electrons. The van der Waals surface area contributed by atoms with E-state index in [0.717, 1.165) is 27.8 Å². The van der Waals surface area contributed by atoms with Gasteiger partial charge in [0.1, 0.15) is 11.5 Å². The first-order valence-corrected chi connectivity index (χ1v) is 12.2. The summed E-state index contributed by atoms with van der Waals surface area (Å²) in [6.07, 6.45) is 5.68. The normalized spacial score (nSPS) is 12.4. The van der Waals surface area contributed by atoms with Crippen molar-refractivity contribution in [2.24, 2.45) is 5.10 Å². The maximum atomic E-state index is 12.6. The van der Waals surface area contributed by atoms with Crippen LogP contribution >= 0.6 is 11.3 Å². The van der Waals surface area contributed by atoms with Crippen molar-refractivity contribution >= 4 is 44.8 Å². The molecule has 0 spiro atoms. The molecule has 0 saturated heterocycles. The van der Waals surface area contributed by atoms with Crippen molar-refractivity contribution in [2.45, 2.75) is 26.2 Å². The number of fused-ring (bicyclic) bond motifs is 1. The summed E-state index contributed by atoms with van der Waals surface area (Å²) < 4.78 is 6.23. The van der Waals surface area contributed by atoms with Gasteiger partial charge >= 0.3 is 0 Å². The highest BCUT2D eigenvalue weighted by atomic mass is 32.1. The van der Waals surface area contributed by atoms with Crippen LogP contribution < -0.4 is 10.2 Å². The van der Waals surface area contributed by atoms with E-state index >= 15 is 0 Å². The second-order valence-corrected chi connectivity index (χ2v) is 9.17. The van der Waals surface area contributed by atoms with Crippen molar-refractivity contribution in [1.82, 2.24) is 4.98 Å². The van der Waals surface area contributed by atoms with E-state index in [1.165, 1.54) is 17.4 Å². The van der Waals surface area contributed by atoms with Crippen molar-refractivity contribution in [3.05, 3.63) is 89.0 Å². The van der Waals surface area contributed by atoms with Crippen molar-refractivity contribution in [2.75, 3.05) is 12.5 Å². The van der Waals surface area contributed by atoms with E-state index in [2.05, 4.69) is 29.4 Å². The zero-order valence-corrected chi connectivity index (χ0v) is 20.7. The van der Waals surface area contributed by atoms with Crippen molar-refractivity contribution in [3.8, 4) is 11.5 Å². The van der Waals surface area contributed by atoms with Gasteiger partial charge in [-0.15, -0.1) is 0 Å². The molecule has 2 N–H and O–H groups in total. The molecule has 3 aromatic carbocycles. The summed E-state index contributed by atoms with van der Waals surface area (Å²) in [6.45, 7) is 4.13. The predicted molar refractivity (Wildman–Crippen MR) is 144 cm³/mol. The third-order valence-electron chi connectivity index (χ3n) is 5.79. The van der Waals surface area contributed by atoms with Crippen LogP contribution in [0.25, 0.3) is 16.3 Å². The van der Waals surface area contributed by atoms with Gasteiger partial charge < -0.3 is 9.84 Å². The number of aromatic nitrogens is 1. The summed E-state index contributed by atoms with van der Waals surface area (Å²) in [5, 5.41) is 16.0. The zero-order chi connectivity index (χ0) is 24.8. The number of ketones is 1. The number of ether oxygens (including phenoxy) is 1. The number of phenols is 1. The number of methoxy groups -OCH3 is 1. The van der Waals surface area contributed by atoms with Gasteiger partial charge in [0.05, 0.1) is 23.5 Å². The van der Waals surface area contributed by atoms with Crippen LogP contribution in [0.15, 0.2) is 71.8 Å². The van der Waals surface area contributed by atoms with Crippen molar-refractivity contribution < 1.29 is 14.6 Å². The van der Waals surface area contributed by atoms with Crippen LogP contribution in [0.4, 0.5) is 5.13 Å². The average Bonchev–Trinajstić information content (AvgIpc) is 3.31. The number of para-hydroxylation sites is 1. The zero-order valence-electron chi connectivity index (χ0n) is 19.9. The summed E-state index contributed by atoms with van der Waals surface area (Å²) in [6, 6.07) is 18.6. The van der Waals surface area contributed by atoms with Crippen molar-refractivity contribution in [3.63, 3.8) is 0 Å². The monoisotopic (exact) mass is 485 g/mol. The Hall–Kier alpha value is -3.97. The molecule has 0 aliphatic heterocycles. The average molecular weight is 486 g/mol. The number of carbonyl (C=O) groups is 1. The number of hydrazone groups is 1. The van der Waals surface area contributed by atoms with Gasteiger partial charge in [0.2, 0.25) is 5.13 Å². The second-order valence-electron chi connectivity index (χ2n) is 8.14. The molecule has 4 aromatic rings. The predicted octanol–water partition coefficient (Wildman–Crippen LogP) is 6.87. The Balaban J connectivity index is 1.58. The lowest BCUT2D eigenvalue weighted by molar-refractivity contribution is 0.104. The molecule has 0 fully saturated rings. The molecule has 0 saturated carbocycles. The fourth-order valence-corrected chi connectivity index (χ4v) is 4.42. The third-order valence-corrected chi connectivity index (χ3v) is 6.73. The number of anilines is 1. The maximum absolute atomic E-state index is 12.6. The Labute approximate surface area is 208 Å². The minimum absolute atomic E-state index is 0.144. The largest absolute Gasteiger partial charge is 0.507 e. The van der Waals surface area contributed by atoms with Crippen LogP contribution in [0.2, 0.25) is 0 Å². The molecule has 4 rings (SSSR count). The molecule has 0 amide bonds. The molecular formula is C28H27N3O3S. The first-order valence-electron chi connectivity index (χ1n) is 11.4. The Kier molecular flexibility index (Phi) is 7.57. The second kappa shape index (κ2) is 11.0. The number of phenolic OH excluding ortho intramolecular Hbond substituents is 1. The number of carbonyl (C=O) groups excluding carboxylic acids is 1. The van der Waals surface area contributed by atoms with Gasteiger partial charge in [0, 0.05) is 11.1 Å². The lowest BCUT2D eigenvalue weighted by Crippen LogP contribution is -1.98. The van der Waals surface area contributed by atoms with E-state index in [0.29, 0.717) is 22.0 Å². The molecule has 1 aromatic heterocycles. The fourth-order valence-electron chi connectivity index (χ4n) is 3.60. The van der Waals surface area contributed by atoms with Crippen molar-refractivity contribution in [1.29, 1.82) is 0 Å². The summed E-state index contributed by atoms with van der Waals surface area (Å²) in [5.41, 5.74) is 6.64. The summed E-state index contributed by atoms with van der Waals surface area (Å²) in [4.78, 5) is 17.2. The van der Waals surface area contributed by atoms with Gasteiger partial charge in [-0.2, -0.15) is 5.10 Å². The number of hydrogen-bond acceptors (Lipinski definition) is 7. The first-order chi connectivity index (χ1) is 17.0. The SMILES string of the molecule is CCC(C)c1cc(/C=N/Nc2nc3ccccc3s2)cc(/C=C/C(=O)c2ccc(OC)cc2)c1O. The molecule has 6 nitrogen and oxygen atoms in total. The molecule has 35 heavy (non-hydrogen) atoms. The van der Waals surface area contributed by atoms with Crippen LogP contribution in [0.3, 0.4) is 0 Å². The summed E-state index contributed by atoms with van der Waals surface area (Å²) in [5.74, 6) is 0.848. The van der Waals surface area contributed by atoms with Gasteiger partial charge in [-0.25, -0.2) is 4.98 Å².